The Kier molecular flexibility index (Phi) is 6.11. The van der Waals surface area contributed by atoms with E-state index in [9.17, 15) is 0 Å². The van der Waals surface area contributed by atoms with Crippen molar-refractivity contribution in [2.75, 3.05) is 23.7 Å². The zero-order valence-electron chi connectivity index (χ0n) is 17.4. The molecule has 3 N–H and O–H groups in total. The van der Waals surface area contributed by atoms with Gasteiger partial charge in [0.1, 0.15) is 0 Å². The largest absolute Gasteiger partial charge is 0.383 e. The highest BCUT2D eigenvalue weighted by Crippen LogP contribution is 2.26. The number of rotatable bonds is 6. The molecule has 7 heteroatoms. The fourth-order valence-electron chi connectivity index (χ4n) is 3.37. The van der Waals surface area contributed by atoms with Crippen molar-refractivity contribution in [3.8, 4) is 0 Å². The highest BCUT2D eigenvalue weighted by Gasteiger charge is 2.06. The molecule has 2 heterocycles. The molecule has 0 bridgehead atoms. The Morgan fingerprint density at radius 2 is 1.83 bits per heavy atom. The molecule has 5 nitrogen and oxygen atoms in total. The van der Waals surface area contributed by atoms with E-state index in [2.05, 4.69) is 70.1 Å². The van der Waals surface area contributed by atoms with Gasteiger partial charge in [0.05, 0.1) is 20.7 Å². The molecule has 0 amide bonds. The number of thiocarbonyl (C=S) groups is 1. The minimum atomic E-state index is 0.614. The standard InChI is InChI=1S/C23H25N5S2/c1-4-22-28-19-8-6-16(13-21(19)30-22)27-23(29)25-10-9-24-20-12-15(3)26-18-7-5-14(2)11-17(18)20/h5-8,11-13H,4,9-10H2,1-3H3,(H,24,26)(H2,25,27,29). The number of nitrogens with one attached hydrogen (secondary N) is 3. The van der Waals surface area contributed by atoms with Crippen LogP contribution in [0.25, 0.3) is 21.1 Å². The molecule has 0 saturated heterocycles. The molecular weight excluding hydrogens is 410 g/mol. The fourth-order valence-corrected chi connectivity index (χ4v) is 4.53. The summed E-state index contributed by atoms with van der Waals surface area (Å²) in [5.41, 5.74) is 6.36. The van der Waals surface area contributed by atoms with Gasteiger partial charge < -0.3 is 16.0 Å². The predicted molar refractivity (Wildman–Crippen MR) is 133 cm³/mol. The van der Waals surface area contributed by atoms with Crippen LogP contribution in [-0.2, 0) is 6.42 Å². The van der Waals surface area contributed by atoms with E-state index in [0.717, 1.165) is 51.5 Å². The van der Waals surface area contributed by atoms with Gasteiger partial charge in [-0.25, -0.2) is 4.98 Å². The van der Waals surface area contributed by atoms with Gasteiger partial charge in [0, 0.05) is 35.5 Å². The van der Waals surface area contributed by atoms with Crippen molar-refractivity contribution in [3.05, 3.63) is 58.7 Å². The number of thiazole rings is 1. The van der Waals surface area contributed by atoms with Crippen LogP contribution < -0.4 is 16.0 Å². The maximum atomic E-state index is 5.46. The zero-order chi connectivity index (χ0) is 21.1. The smallest absolute Gasteiger partial charge is 0.170 e. The molecule has 0 atom stereocenters. The highest BCUT2D eigenvalue weighted by molar-refractivity contribution is 7.80. The SMILES string of the molecule is CCc1nc2ccc(NC(=S)NCCNc3cc(C)nc4ccc(C)cc34)cc2s1. The number of fused-ring (bicyclic) bond motifs is 2. The summed E-state index contributed by atoms with van der Waals surface area (Å²) >= 11 is 7.19. The zero-order valence-corrected chi connectivity index (χ0v) is 19.0. The van der Waals surface area contributed by atoms with Gasteiger partial charge in [-0.2, -0.15) is 0 Å². The van der Waals surface area contributed by atoms with Crippen LogP contribution in [0.1, 0.15) is 23.2 Å². The Labute approximate surface area is 185 Å². The topological polar surface area (TPSA) is 61.9 Å². The summed E-state index contributed by atoms with van der Waals surface area (Å²) < 4.78 is 1.18. The number of hydrogen-bond acceptors (Lipinski definition) is 5. The normalized spacial score (nSPS) is 11.0. The van der Waals surface area contributed by atoms with Crippen LogP contribution >= 0.6 is 23.6 Å². The van der Waals surface area contributed by atoms with Gasteiger partial charge in [-0.1, -0.05) is 18.6 Å². The van der Waals surface area contributed by atoms with E-state index < -0.39 is 0 Å². The van der Waals surface area contributed by atoms with Gasteiger partial charge in [-0.15, -0.1) is 11.3 Å². The van der Waals surface area contributed by atoms with E-state index >= 15 is 0 Å². The van der Waals surface area contributed by atoms with Crippen molar-refractivity contribution in [1.29, 1.82) is 0 Å². The third-order valence-electron chi connectivity index (χ3n) is 4.81. The molecule has 2 aromatic heterocycles. The Balaban J connectivity index is 1.33. The summed E-state index contributed by atoms with van der Waals surface area (Å²) in [6.45, 7) is 7.71. The lowest BCUT2D eigenvalue weighted by molar-refractivity contribution is 0.916. The minimum absolute atomic E-state index is 0.614. The first-order chi connectivity index (χ1) is 14.5. The van der Waals surface area contributed by atoms with Crippen molar-refractivity contribution >= 4 is 61.2 Å². The summed E-state index contributed by atoms with van der Waals surface area (Å²) in [6.07, 6.45) is 0.959. The van der Waals surface area contributed by atoms with Crippen molar-refractivity contribution in [2.45, 2.75) is 27.2 Å². The number of pyridine rings is 1. The second kappa shape index (κ2) is 8.93. The van der Waals surface area contributed by atoms with Crippen molar-refractivity contribution in [3.63, 3.8) is 0 Å². The van der Waals surface area contributed by atoms with Crippen molar-refractivity contribution in [1.82, 2.24) is 15.3 Å². The van der Waals surface area contributed by atoms with E-state index in [4.69, 9.17) is 12.2 Å². The van der Waals surface area contributed by atoms with Gasteiger partial charge in [0.15, 0.2) is 5.11 Å². The van der Waals surface area contributed by atoms with Crippen LogP contribution in [0, 0.1) is 13.8 Å². The first-order valence-electron chi connectivity index (χ1n) is 10.1. The van der Waals surface area contributed by atoms with E-state index in [0.29, 0.717) is 11.7 Å². The Hall–Kier alpha value is -2.77. The van der Waals surface area contributed by atoms with Crippen LogP contribution in [0.4, 0.5) is 11.4 Å². The van der Waals surface area contributed by atoms with Gasteiger partial charge in [-0.3, -0.25) is 4.98 Å². The number of anilines is 2. The molecule has 0 aliphatic rings. The monoisotopic (exact) mass is 435 g/mol. The van der Waals surface area contributed by atoms with Crippen LogP contribution in [0.3, 0.4) is 0 Å². The molecular formula is C23H25N5S2. The lowest BCUT2D eigenvalue weighted by atomic mass is 10.1. The lowest BCUT2D eigenvalue weighted by Gasteiger charge is -2.13. The third kappa shape index (κ3) is 4.68. The van der Waals surface area contributed by atoms with Gasteiger partial charge in [0.25, 0.3) is 0 Å². The second-order valence-electron chi connectivity index (χ2n) is 7.28. The molecule has 0 unspecified atom stereocenters. The molecule has 0 fully saturated rings. The van der Waals surface area contributed by atoms with Crippen molar-refractivity contribution in [2.24, 2.45) is 0 Å². The average Bonchev–Trinajstić information content (AvgIpc) is 3.14. The van der Waals surface area contributed by atoms with Crippen LogP contribution in [0.15, 0.2) is 42.5 Å². The molecule has 0 spiro atoms. The summed E-state index contributed by atoms with van der Waals surface area (Å²) in [6, 6.07) is 14.6. The maximum absolute atomic E-state index is 5.46. The van der Waals surface area contributed by atoms with Crippen LogP contribution in [0.5, 0.6) is 0 Å². The molecule has 154 valence electrons. The Morgan fingerprint density at radius 3 is 2.67 bits per heavy atom. The molecule has 4 rings (SSSR count). The maximum Gasteiger partial charge on any atom is 0.170 e. The Bertz CT molecular complexity index is 1220. The van der Waals surface area contributed by atoms with E-state index in [1.165, 1.54) is 10.3 Å². The third-order valence-corrected chi connectivity index (χ3v) is 6.22. The first kappa shape index (κ1) is 20.5. The number of aromatic nitrogens is 2. The van der Waals surface area contributed by atoms with Crippen molar-refractivity contribution < 1.29 is 0 Å². The summed E-state index contributed by atoms with van der Waals surface area (Å²) in [5, 5.41) is 13.0. The molecule has 2 aromatic carbocycles. The van der Waals surface area contributed by atoms with E-state index in [-0.39, 0.29) is 0 Å². The number of aryl methyl sites for hydroxylation is 3. The molecule has 0 aliphatic heterocycles. The summed E-state index contributed by atoms with van der Waals surface area (Å²) in [5.74, 6) is 0. The molecule has 0 aliphatic carbocycles. The summed E-state index contributed by atoms with van der Waals surface area (Å²) in [4.78, 5) is 9.22. The first-order valence-corrected chi connectivity index (χ1v) is 11.3. The molecule has 0 saturated carbocycles. The Morgan fingerprint density at radius 1 is 1.00 bits per heavy atom. The second-order valence-corrected chi connectivity index (χ2v) is 8.81. The van der Waals surface area contributed by atoms with Gasteiger partial charge in [-0.05, 0) is 68.9 Å². The number of nitrogens with zero attached hydrogens (tertiary/aromatic N) is 2. The summed E-state index contributed by atoms with van der Waals surface area (Å²) in [7, 11) is 0. The van der Waals surface area contributed by atoms with E-state index in [1.807, 2.05) is 19.1 Å². The average molecular weight is 436 g/mol. The quantitative estimate of drug-likeness (QED) is 0.278. The molecule has 30 heavy (non-hydrogen) atoms. The minimum Gasteiger partial charge on any atom is -0.383 e. The van der Waals surface area contributed by atoms with E-state index in [1.54, 1.807) is 11.3 Å². The molecule has 4 aromatic rings. The number of hydrogen-bond donors (Lipinski definition) is 3. The number of benzene rings is 2. The van der Waals surface area contributed by atoms with Crippen LogP contribution in [0.2, 0.25) is 0 Å². The van der Waals surface area contributed by atoms with Gasteiger partial charge in [0.2, 0.25) is 0 Å². The fraction of sp³-hybridized carbons (Fsp3) is 0.261. The van der Waals surface area contributed by atoms with Crippen LogP contribution in [-0.4, -0.2) is 28.2 Å². The van der Waals surface area contributed by atoms with Gasteiger partial charge >= 0.3 is 0 Å². The molecule has 0 radical (unpaired) electrons. The lowest BCUT2D eigenvalue weighted by Crippen LogP contribution is -2.32. The predicted octanol–water partition coefficient (Wildman–Crippen LogP) is 5.42. The highest BCUT2D eigenvalue weighted by atomic mass is 32.1.